The lowest BCUT2D eigenvalue weighted by Gasteiger charge is -2.11. The quantitative estimate of drug-likeness (QED) is 0.510. The standard InChI is InChI=1S/C13H18Si/c1-10-6-5-9-13(11(10)2)14-12-7-3-4-8-12/h3,5-7,9,12H,4,8,14H2,1-2H3. The normalized spacial score (nSPS) is 21.1. The molecule has 0 nitrogen and oxygen atoms in total. The van der Waals surface area contributed by atoms with Gasteiger partial charge in [0.05, 0.1) is 9.52 Å². The molecule has 0 aromatic heterocycles. The molecule has 1 unspecified atom stereocenters. The van der Waals surface area contributed by atoms with Crippen molar-refractivity contribution in [2.75, 3.05) is 0 Å². The van der Waals surface area contributed by atoms with Crippen molar-refractivity contribution in [3.05, 3.63) is 41.5 Å². The van der Waals surface area contributed by atoms with Crippen molar-refractivity contribution in [1.82, 2.24) is 0 Å². The molecule has 1 atom stereocenters. The minimum atomic E-state index is -0.0721. The Hall–Kier alpha value is -0.823. The van der Waals surface area contributed by atoms with Crippen LogP contribution in [0, 0.1) is 13.8 Å². The predicted octanol–water partition coefficient (Wildman–Crippen LogP) is 2.24. The van der Waals surface area contributed by atoms with E-state index < -0.39 is 0 Å². The second-order valence-corrected chi connectivity index (χ2v) is 6.55. The zero-order chi connectivity index (χ0) is 9.97. The maximum Gasteiger partial charge on any atom is 0.0620 e. The highest BCUT2D eigenvalue weighted by Gasteiger charge is 2.12. The van der Waals surface area contributed by atoms with Crippen LogP contribution in [0.25, 0.3) is 0 Å². The van der Waals surface area contributed by atoms with Gasteiger partial charge in [-0.25, -0.2) is 0 Å². The van der Waals surface area contributed by atoms with E-state index in [2.05, 4.69) is 44.2 Å². The Balaban J connectivity index is 2.16. The van der Waals surface area contributed by atoms with E-state index in [4.69, 9.17) is 0 Å². The number of rotatable bonds is 2. The van der Waals surface area contributed by atoms with E-state index >= 15 is 0 Å². The molecule has 0 aliphatic heterocycles. The molecule has 0 N–H and O–H groups in total. The molecular weight excluding hydrogens is 184 g/mol. The van der Waals surface area contributed by atoms with E-state index in [0.717, 1.165) is 5.54 Å². The van der Waals surface area contributed by atoms with Crippen molar-refractivity contribution in [3.8, 4) is 0 Å². The summed E-state index contributed by atoms with van der Waals surface area (Å²) in [5.41, 5.74) is 3.92. The first-order chi connectivity index (χ1) is 6.77. The number of hydrogen-bond acceptors (Lipinski definition) is 0. The van der Waals surface area contributed by atoms with Gasteiger partial charge in [-0.15, -0.1) is 0 Å². The van der Waals surface area contributed by atoms with Crippen LogP contribution in [0.15, 0.2) is 30.4 Å². The van der Waals surface area contributed by atoms with Gasteiger partial charge in [0.15, 0.2) is 0 Å². The fourth-order valence-electron chi connectivity index (χ4n) is 2.18. The first kappa shape index (κ1) is 9.72. The molecule has 0 radical (unpaired) electrons. The molecule has 74 valence electrons. The van der Waals surface area contributed by atoms with E-state index in [-0.39, 0.29) is 9.52 Å². The predicted molar refractivity (Wildman–Crippen MR) is 66.2 cm³/mol. The Morgan fingerprint density at radius 3 is 2.86 bits per heavy atom. The largest absolute Gasteiger partial charge is 0.0885 e. The average Bonchev–Trinajstić information content (AvgIpc) is 2.66. The molecule has 0 saturated heterocycles. The van der Waals surface area contributed by atoms with Crippen molar-refractivity contribution in [2.45, 2.75) is 32.2 Å². The fourth-order valence-corrected chi connectivity index (χ4v) is 4.37. The first-order valence-corrected chi connectivity index (χ1v) is 7.01. The summed E-state index contributed by atoms with van der Waals surface area (Å²) in [7, 11) is -0.0721. The minimum Gasteiger partial charge on any atom is -0.0885 e. The SMILES string of the molecule is Cc1cccc([SiH2]C2C=CCC2)c1C. The summed E-state index contributed by atoms with van der Waals surface area (Å²) < 4.78 is 0. The summed E-state index contributed by atoms with van der Waals surface area (Å²) in [6, 6.07) is 6.77. The van der Waals surface area contributed by atoms with Crippen LogP contribution in [0.3, 0.4) is 0 Å². The molecule has 0 fully saturated rings. The molecule has 2 rings (SSSR count). The van der Waals surface area contributed by atoms with Gasteiger partial charge in [-0.3, -0.25) is 0 Å². The third kappa shape index (κ3) is 1.98. The van der Waals surface area contributed by atoms with Crippen LogP contribution < -0.4 is 5.19 Å². The molecule has 0 spiro atoms. The maximum atomic E-state index is 2.44. The zero-order valence-electron chi connectivity index (χ0n) is 9.09. The summed E-state index contributed by atoms with van der Waals surface area (Å²) in [5, 5.41) is 1.67. The van der Waals surface area contributed by atoms with Crippen molar-refractivity contribution in [1.29, 1.82) is 0 Å². The van der Waals surface area contributed by atoms with Gasteiger partial charge < -0.3 is 0 Å². The first-order valence-electron chi connectivity index (χ1n) is 5.49. The van der Waals surface area contributed by atoms with Gasteiger partial charge >= 0.3 is 0 Å². The summed E-state index contributed by atoms with van der Waals surface area (Å²) in [4.78, 5) is 0. The lowest BCUT2D eigenvalue weighted by atomic mass is 10.1. The molecule has 0 amide bonds. The molecule has 1 aromatic carbocycles. The van der Waals surface area contributed by atoms with Crippen LogP contribution in [0.1, 0.15) is 24.0 Å². The third-order valence-corrected chi connectivity index (χ3v) is 5.72. The molecule has 0 heterocycles. The van der Waals surface area contributed by atoms with Crippen LogP contribution in [0.2, 0.25) is 5.54 Å². The van der Waals surface area contributed by atoms with Crippen LogP contribution in [0.4, 0.5) is 0 Å². The second-order valence-electron chi connectivity index (χ2n) is 4.33. The van der Waals surface area contributed by atoms with Gasteiger partial charge in [-0.1, -0.05) is 35.5 Å². The number of allylic oxidation sites excluding steroid dienone is 2. The van der Waals surface area contributed by atoms with E-state index in [1.165, 1.54) is 18.4 Å². The average molecular weight is 202 g/mol. The van der Waals surface area contributed by atoms with E-state index in [1.807, 2.05) is 0 Å². The van der Waals surface area contributed by atoms with E-state index in [1.54, 1.807) is 10.8 Å². The van der Waals surface area contributed by atoms with E-state index in [9.17, 15) is 0 Å². The van der Waals surface area contributed by atoms with Gasteiger partial charge in [-0.2, -0.15) is 0 Å². The van der Waals surface area contributed by atoms with Gasteiger partial charge in [-0.05, 0) is 43.4 Å². The summed E-state index contributed by atoms with van der Waals surface area (Å²) in [6.45, 7) is 4.49. The van der Waals surface area contributed by atoms with Crippen molar-refractivity contribution in [3.63, 3.8) is 0 Å². The summed E-state index contributed by atoms with van der Waals surface area (Å²) in [5.74, 6) is 0. The van der Waals surface area contributed by atoms with Crippen LogP contribution in [-0.2, 0) is 0 Å². The molecule has 1 aliphatic carbocycles. The monoisotopic (exact) mass is 202 g/mol. The molecule has 0 bridgehead atoms. The van der Waals surface area contributed by atoms with Gasteiger partial charge in [0.25, 0.3) is 0 Å². The summed E-state index contributed by atoms with van der Waals surface area (Å²) in [6.07, 6.45) is 7.50. The van der Waals surface area contributed by atoms with Gasteiger partial charge in [0.2, 0.25) is 0 Å². The lowest BCUT2D eigenvalue weighted by Crippen LogP contribution is -2.21. The Kier molecular flexibility index (Phi) is 2.87. The molecule has 1 heteroatoms. The molecule has 14 heavy (non-hydrogen) atoms. The van der Waals surface area contributed by atoms with Crippen LogP contribution in [0.5, 0.6) is 0 Å². The maximum absolute atomic E-state index is 2.44. The molecule has 0 saturated carbocycles. The second kappa shape index (κ2) is 4.14. The summed E-state index contributed by atoms with van der Waals surface area (Å²) >= 11 is 0. The number of benzene rings is 1. The van der Waals surface area contributed by atoms with Gasteiger partial charge in [0, 0.05) is 0 Å². The Morgan fingerprint density at radius 2 is 2.14 bits per heavy atom. The highest BCUT2D eigenvalue weighted by Crippen LogP contribution is 2.21. The Labute approximate surface area is 88.9 Å². The molecule has 1 aromatic rings. The Morgan fingerprint density at radius 1 is 1.29 bits per heavy atom. The highest BCUT2D eigenvalue weighted by atomic mass is 28.2. The van der Waals surface area contributed by atoms with Crippen LogP contribution >= 0.6 is 0 Å². The number of hydrogen-bond donors (Lipinski definition) is 0. The lowest BCUT2D eigenvalue weighted by molar-refractivity contribution is 0.920. The van der Waals surface area contributed by atoms with E-state index in [0.29, 0.717) is 0 Å². The minimum absolute atomic E-state index is 0.0721. The molecule has 1 aliphatic rings. The Bertz CT molecular complexity index is 352. The fraction of sp³-hybridized carbons (Fsp3) is 0.385. The zero-order valence-corrected chi connectivity index (χ0v) is 10.5. The van der Waals surface area contributed by atoms with Crippen molar-refractivity contribution >= 4 is 14.7 Å². The van der Waals surface area contributed by atoms with Crippen molar-refractivity contribution < 1.29 is 0 Å². The van der Waals surface area contributed by atoms with Crippen molar-refractivity contribution in [2.24, 2.45) is 0 Å². The van der Waals surface area contributed by atoms with Crippen LogP contribution in [-0.4, -0.2) is 9.52 Å². The van der Waals surface area contributed by atoms with Gasteiger partial charge in [0.1, 0.15) is 0 Å². The topological polar surface area (TPSA) is 0 Å². The molecular formula is C13H18Si. The number of aryl methyl sites for hydroxylation is 1. The third-order valence-electron chi connectivity index (χ3n) is 3.31. The highest BCUT2D eigenvalue weighted by molar-refractivity contribution is 6.56. The smallest absolute Gasteiger partial charge is 0.0620 e.